The van der Waals surface area contributed by atoms with E-state index in [0.29, 0.717) is 18.3 Å². The number of benzene rings is 1. The topological polar surface area (TPSA) is 126 Å². The number of nitrogens with one attached hydrogen (secondary N) is 1. The molecule has 0 aliphatic carbocycles. The van der Waals surface area contributed by atoms with Crippen molar-refractivity contribution in [3.8, 4) is 23.0 Å². The van der Waals surface area contributed by atoms with Crippen LogP contribution < -0.4 is 25.3 Å². The maximum absolute atomic E-state index is 13.4. The molecule has 208 valence electrons. The first kappa shape index (κ1) is 30.0. The highest BCUT2D eigenvalue weighted by Crippen LogP contribution is 2.42. The molecule has 0 fully saturated rings. The Morgan fingerprint density at radius 1 is 0.872 bits per heavy atom. The number of carbonyl (C=O) groups excluding carboxylic acids is 2. The zero-order chi connectivity index (χ0) is 29.2. The lowest BCUT2D eigenvalue weighted by molar-refractivity contribution is -0.274. The fourth-order valence-corrected chi connectivity index (χ4v) is 3.09. The van der Waals surface area contributed by atoms with Gasteiger partial charge in [0, 0.05) is 24.1 Å². The molecule has 0 bridgehead atoms. The van der Waals surface area contributed by atoms with Crippen molar-refractivity contribution in [1.29, 1.82) is 0 Å². The second-order valence-corrected chi connectivity index (χ2v) is 10.2. The third kappa shape index (κ3) is 8.75. The van der Waals surface area contributed by atoms with Crippen molar-refractivity contribution in [1.82, 2.24) is 9.97 Å². The summed E-state index contributed by atoms with van der Waals surface area (Å²) in [5.41, 5.74) is 2.90. The Hall–Kier alpha value is -3.51. The predicted molar refractivity (Wildman–Crippen MR) is 133 cm³/mol. The number of anilines is 1. The third-order valence-corrected chi connectivity index (χ3v) is 4.55. The summed E-state index contributed by atoms with van der Waals surface area (Å²) < 4.78 is 90.8. The van der Waals surface area contributed by atoms with Gasteiger partial charge in [0.2, 0.25) is 3.60 Å². The Morgan fingerprint density at radius 2 is 1.56 bits per heavy atom. The summed E-state index contributed by atoms with van der Waals surface area (Å²) in [6, 6.07) is 5.11. The fourth-order valence-electron chi connectivity index (χ4n) is 2.80. The van der Waals surface area contributed by atoms with Gasteiger partial charge in [0.05, 0.1) is 5.56 Å². The molecule has 0 saturated heterocycles. The van der Waals surface area contributed by atoms with Crippen molar-refractivity contribution in [3.05, 3.63) is 65.7 Å². The first-order chi connectivity index (χ1) is 17.9. The Balaban J connectivity index is 2.06. The highest BCUT2D eigenvalue weighted by molar-refractivity contribution is 8.16. The van der Waals surface area contributed by atoms with Crippen LogP contribution in [0.2, 0.25) is 0 Å². The number of nitrogens with zero attached hydrogens (tertiary/aromatic N) is 2. The number of hydrogen-bond acceptors (Lipinski definition) is 10. The van der Waals surface area contributed by atoms with Crippen molar-refractivity contribution in [2.24, 2.45) is 5.73 Å². The van der Waals surface area contributed by atoms with Crippen molar-refractivity contribution < 1.29 is 50.1 Å². The van der Waals surface area contributed by atoms with Crippen molar-refractivity contribution in [2.75, 3.05) is 5.32 Å². The van der Waals surface area contributed by atoms with E-state index in [0.717, 1.165) is 24.4 Å². The molecule has 0 unspecified atom stereocenters. The molecule has 3 N–H and O–H groups in total. The number of carbonyl (C=O) groups is 2. The number of rotatable bonds is 8. The van der Waals surface area contributed by atoms with E-state index in [1.165, 1.54) is 6.07 Å². The zero-order valence-electron chi connectivity index (χ0n) is 18.7. The minimum absolute atomic E-state index is 0.0147. The number of alkyl halides is 6. The molecule has 9 nitrogen and oxygen atoms in total. The lowest BCUT2D eigenvalue weighted by atomic mass is 10.2. The molecule has 2 heterocycles. The molecular formula is C21H14F6N4O5S3. The van der Waals surface area contributed by atoms with E-state index in [4.69, 9.17) is 15.2 Å². The van der Waals surface area contributed by atoms with Gasteiger partial charge in [-0.15, -0.1) is 51.1 Å². The maximum atomic E-state index is 13.4. The number of amides is 2. The quantitative estimate of drug-likeness (QED) is 0.133. The smallest absolute Gasteiger partial charge is 0.455 e. The third-order valence-electron chi connectivity index (χ3n) is 4.28. The largest absolute Gasteiger partial charge is 0.573 e. The summed E-state index contributed by atoms with van der Waals surface area (Å²) in [6.07, 6.45) is -8.50. The molecule has 39 heavy (non-hydrogen) atoms. The van der Waals surface area contributed by atoms with Crippen molar-refractivity contribution in [3.63, 3.8) is 0 Å². The molecule has 0 spiro atoms. The van der Waals surface area contributed by atoms with E-state index in [9.17, 15) is 35.9 Å². The number of nitrogens with two attached hydrogens (primary N) is 1. The molecule has 2 amide bonds. The van der Waals surface area contributed by atoms with Crippen LogP contribution in [0.25, 0.3) is 0 Å². The highest BCUT2D eigenvalue weighted by atomic mass is 32.2. The highest BCUT2D eigenvalue weighted by Gasteiger charge is 2.34. The van der Waals surface area contributed by atoms with E-state index >= 15 is 0 Å². The first-order valence-electron chi connectivity index (χ1n) is 9.99. The van der Waals surface area contributed by atoms with Gasteiger partial charge in [-0.3, -0.25) is 14.6 Å². The minimum atomic E-state index is -5.09. The summed E-state index contributed by atoms with van der Waals surface area (Å²) in [5.74, 6) is -4.60. The Bertz CT molecular complexity index is 1400. The van der Waals surface area contributed by atoms with E-state index in [2.05, 4.69) is 57.9 Å². The molecule has 0 radical (unpaired) electrons. The first-order valence-corrected chi connectivity index (χ1v) is 11.3. The van der Waals surface area contributed by atoms with Gasteiger partial charge in [-0.1, -0.05) is 0 Å². The normalized spacial score (nSPS) is 12.0. The second kappa shape index (κ2) is 11.3. The van der Waals surface area contributed by atoms with Gasteiger partial charge >= 0.3 is 12.5 Å². The van der Waals surface area contributed by atoms with Crippen LogP contribution in [0.3, 0.4) is 0 Å². The number of halogens is 6. The molecule has 2 aromatic heterocycles. The number of thiol groups is 3. The van der Waals surface area contributed by atoms with Gasteiger partial charge in [0.25, 0.3) is 11.8 Å². The van der Waals surface area contributed by atoms with Gasteiger partial charge in [-0.05, 0) is 30.3 Å². The van der Waals surface area contributed by atoms with Gasteiger partial charge in [0.1, 0.15) is 11.4 Å². The molecular weight excluding hydrogens is 598 g/mol. The molecule has 0 atom stereocenters. The van der Waals surface area contributed by atoms with Crippen LogP contribution in [0, 0.1) is 0 Å². The van der Waals surface area contributed by atoms with Crippen LogP contribution in [0.5, 0.6) is 23.0 Å². The summed E-state index contributed by atoms with van der Waals surface area (Å²) in [7, 11) is 0. The molecule has 0 aliphatic rings. The van der Waals surface area contributed by atoms with Gasteiger partial charge < -0.3 is 25.3 Å². The molecule has 0 saturated carbocycles. The van der Waals surface area contributed by atoms with E-state index in [1.54, 1.807) is 0 Å². The standard InChI is InChI=1S/C21H14F6N4O5S3/c22-19(23,24)9-5-15(16(30-8-9)18(33)31-10-3-4-29-12(6-10)17(28)32)34-13-2-1-11(35-20(25,26)27)7-14(13)36-21(37,38)39/h1-8,37-39H,(H2,28,32)(H,29,31,33). The zero-order valence-corrected chi connectivity index (χ0v) is 21.4. The van der Waals surface area contributed by atoms with Gasteiger partial charge in [-0.25, -0.2) is 4.98 Å². The number of hydrogen-bond donors (Lipinski definition) is 5. The SMILES string of the molecule is NC(=O)c1cc(NC(=O)c2ncc(C(F)(F)F)cc2Oc2ccc(OC(F)(F)F)cc2OC(S)(S)S)ccn1. The maximum Gasteiger partial charge on any atom is 0.573 e. The van der Waals surface area contributed by atoms with Crippen molar-refractivity contribution in [2.45, 2.75) is 16.1 Å². The lowest BCUT2D eigenvalue weighted by Crippen LogP contribution is -2.19. The average molecular weight is 613 g/mol. The van der Waals surface area contributed by atoms with Crippen LogP contribution in [-0.4, -0.2) is 31.7 Å². The average Bonchev–Trinajstić information content (AvgIpc) is 2.78. The molecule has 3 aromatic rings. The fraction of sp³-hybridized carbons (Fsp3) is 0.143. The van der Waals surface area contributed by atoms with Gasteiger partial charge in [-0.2, -0.15) is 13.2 Å². The summed E-state index contributed by atoms with van der Waals surface area (Å²) >= 11 is 11.6. The Kier molecular flexibility index (Phi) is 8.71. The summed E-state index contributed by atoms with van der Waals surface area (Å²) in [6.45, 7) is 0. The Morgan fingerprint density at radius 3 is 2.15 bits per heavy atom. The molecule has 1 aromatic carbocycles. The predicted octanol–water partition coefficient (Wildman–Crippen LogP) is 5.32. The second-order valence-electron chi connectivity index (χ2n) is 7.25. The number of aromatic nitrogens is 2. The Labute approximate surface area is 231 Å². The molecule has 0 aliphatic heterocycles. The van der Waals surface area contributed by atoms with Crippen LogP contribution in [0.1, 0.15) is 26.5 Å². The van der Waals surface area contributed by atoms with E-state index in [1.807, 2.05) is 0 Å². The summed E-state index contributed by atoms with van der Waals surface area (Å²) in [5, 5.41) is 2.30. The number of primary amides is 1. The lowest BCUT2D eigenvalue weighted by Gasteiger charge is -2.22. The van der Waals surface area contributed by atoms with Crippen LogP contribution in [0.15, 0.2) is 48.8 Å². The van der Waals surface area contributed by atoms with Crippen LogP contribution in [0.4, 0.5) is 32.0 Å². The number of ether oxygens (including phenoxy) is 3. The van der Waals surface area contributed by atoms with E-state index < -0.39 is 62.2 Å². The van der Waals surface area contributed by atoms with Gasteiger partial charge in [0.15, 0.2) is 22.9 Å². The molecule has 18 heteroatoms. The minimum Gasteiger partial charge on any atom is -0.455 e. The molecule has 3 rings (SSSR count). The van der Waals surface area contributed by atoms with Crippen LogP contribution in [-0.2, 0) is 6.18 Å². The number of pyridine rings is 2. The van der Waals surface area contributed by atoms with Crippen LogP contribution >= 0.6 is 37.9 Å². The monoisotopic (exact) mass is 612 g/mol. The van der Waals surface area contributed by atoms with Crippen molar-refractivity contribution >= 4 is 55.4 Å². The summed E-state index contributed by atoms with van der Waals surface area (Å²) in [4.78, 5) is 31.5. The van der Waals surface area contributed by atoms with E-state index in [-0.39, 0.29) is 11.4 Å².